The highest BCUT2D eigenvalue weighted by Crippen LogP contribution is 2.31. The van der Waals surface area contributed by atoms with Crippen molar-refractivity contribution in [3.8, 4) is 17.1 Å². The molecule has 0 saturated carbocycles. The summed E-state index contributed by atoms with van der Waals surface area (Å²) < 4.78 is 0.727. The molecule has 0 spiro atoms. The third kappa shape index (κ3) is 3.19. The van der Waals surface area contributed by atoms with Crippen LogP contribution in [0.5, 0.6) is 5.75 Å². The molecule has 0 aliphatic heterocycles. The predicted octanol–water partition coefficient (Wildman–Crippen LogP) is 4.87. The third-order valence-corrected chi connectivity index (χ3v) is 4.21. The average molecular weight is 362 g/mol. The highest BCUT2D eigenvalue weighted by atomic mass is 79.9. The number of hydrogen-bond donors (Lipinski definition) is 1. The fourth-order valence-electron chi connectivity index (χ4n) is 1.64. The molecule has 100 valence electrons. The maximum absolute atomic E-state index is 9.42. The molecule has 0 aliphatic rings. The molecule has 0 fully saturated rings. The summed E-state index contributed by atoms with van der Waals surface area (Å²) in [5.41, 5.74) is 1.58. The van der Waals surface area contributed by atoms with Crippen LogP contribution in [0.25, 0.3) is 11.4 Å². The van der Waals surface area contributed by atoms with E-state index in [0.29, 0.717) is 11.0 Å². The van der Waals surface area contributed by atoms with Gasteiger partial charge in [0.2, 0.25) is 0 Å². The zero-order valence-electron chi connectivity index (χ0n) is 10.1. The van der Waals surface area contributed by atoms with Gasteiger partial charge >= 0.3 is 0 Å². The molecule has 0 unspecified atom stereocenters. The van der Waals surface area contributed by atoms with Crippen LogP contribution in [0, 0.1) is 0 Å². The molecule has 0 amide bonds. The summed E-state index contributed by atoms with van der Waals surface area (Å²) in [6, 6.07) is 4.83. The standard InChI is InChI=1S/C13H11BrCl2N2O/c1-2-3-9-11(14)12(16)18-13(17-9)7-4-5-10(19)8(15)6-7/h4-6,19H,2-3H2,1H3. The van der Waals surface area contributed by atoms with Gasteiger partial charge in [-0.25, -0.2) is 9.97 Å². The molecular formula is C13H11BrCl2N2O. The number of halogens is 3. The molecule has 0 bridgehead atoms. The lowest BCUT2D eigenvalue weighted by molar-refractivity contribution is 0.475. The van der Waals surface area contributed by atoms with Crippen LogP contribution in [0.4, 0.5) is 0 Å². The number of aromatic hydroxyl groups is 1. The number of hydrogen-bond acceptors (Lipinski definition) is 3. The first-order valence-corrected chi connectivity index (χ1v) is 7.28. The van der Waals surface area contributed by atoms with Crippen LogP contribution >= 0.6 is 39.1 Å². The monoisotopic (exact) mass is 360 g/mol. The fourth-order valence-corrected chi connectivity index (χ4v) is 2.39. The lowest BCUT2D eigenvalue weighted by atomic mass is 10.2. The Morgan fingerprint density at radius 3 is 2.63 bits per heavy atom. The van der Waals surface area contributed by atoms with E-state index in [9.17, 15) is 5.11 Å². The Balaban J connectivity index is 2.52. The molecule has 0 aliphatic carbocycles. The van der Waals surface area contributed by atoms with Crippen molar-refractivity contribution >= 4 is 39.1 Å². The number of aryl methyl sites for hydroxylation is 1. The van der Waals surface area contributed by atoms with Crippen LogP contribution in [-0.2, 0) is 6.42 Å². The van der Waals surface area contributed by atoms with E-state index in [1.54, 1.807) is 12.1 Å². The molecule has 0 radical (unpaired) electrons. The van der Waals surface area contributed by atoms with Gasteiger partial charge in [0.25, 0.3) is 0 Å². The van der Waals surface area contributed by atoms with Crippen LogP contribution in [0.1, 0.15) is 19.0 Å². The van der Waals surface area contributed by atoms with Gasteiger partial charge in [0.1, 0.15) is 10.9 Å². The Hall–Kier alpha value is -0.840. The van der Waals surface area contributed by atoms with E-state index in [1.165, 1.54) is 6.07 Å². The van der Waals surface area contributed by atoms with Crippen molar-refractivity contribution in [2.24, 2.45) is 0 Å². The Labute approximate surface area is 129 Å². The van der Waals surface area contributed by atoms with Gasteiger partial charge in [-0.05, 0) is 40.5 Å². The van der Waals surface area contributed by atoms with E-state index in [4.69, 9.17) is 23.2 Å². The minimum atomic E-state index is 0.0300. The number of benzene rings is 1. The van der Waals surface area contributed by atoms with Gasteiger partial charge in [-0.3, -0.25) is 0 Å². The van der Waals surface area contributed by atoms with Gasteiger partial charge in [-0.1, -0.05) is 36.5 Å². The van der Waals surface area contributed by atoms with Gasteiger partial charge in [-0.15, -0.1) is 0 Å². The fraction of sp³-hybridized carbons (Fsp3) is 0.231. The summed E-state index contributed by atoms with van der Waals surface area (Å²) in [5, 5.41) is 10.1. The first-order valence-electron chi connectivity index (χ1n) is 5.73. The second-order valence-corrected chi connectivity index (χ2v) is 5.57. The molecule has 19 heavy (non-hydrogen) atoms. The maximum Gasteiger partial charge on any atom is 0.161 e. The predicted molar refractivity (Wildman–Crippen MR) is 80.8 cm³/mol. The van der Waals surface area contributed by atoms with E-state index in [0.717, 1.165) is 28.6 Å². The van der Waals surface area contributed by atoms with Crippen LogP contribution in [0.2, 0.25) is 10.2 Å². The van der Waals surface area contributed by atoms with E-state index in [-0.39, 0.29) is 10.8 Å². The van der Waals surface area contributed by atoms with E-state index in [2.05, 4.69) is 32.8 Å². The minimum absolute atomic E-state index is 0.0300. The Morgan fingerprint density at radius 2 is 2.00 bits per heavy atom. The molecule has 1 aromatic carbocycles. The molecule has 1 aromatic heterocycles. The number of phenols is 1. The minimum Gasteiger partial charge on any atom is -0.506 e. The number of nitrogens with zero attached hydrogens (tertiary/aromatic N) is 2. The average Bonchev–Trinajstić information content (AvgIpc) is 2.38. The second kappa shape index (κ2) is 6.07. The van der Waals surface area contributed by atoms with Crippen molar-refractivity contribution in [3.05, 3.63) is 38.5 Å². The van der Waals surface area contributed by atoms with Crippen molar-refractivity contribution in [2.75, 3.05) is 0 Å². The van der Waals surface area contributed by atoms with Crippen molar-refractivity contribution in [1.82, 2.24) is 9.97 Å². The SMILES string of the molecule is CCCc1nc(-c2ccc(O)c(Cl)c2)nc(Cl)c1Br. The zero-order chi connectivity index (χ0) is 14.0. The molecule has 2 aromatic rings. The third-order valence-electron chi connectivity index (χ3n) is 2.57. The summed E-state index contributed by atoms with van der Waals surface area (Å²) in [7, 11) is 0. The first-order chi connectivity index (χ1) is 9.02. The zero-order valence-corrected chi connectivity index (χ0v) is 13.2. The molecular weight excluding hydrogens is 351 g/mol. The topological polar surface area (TPSA) is 46.0 Å². The van der Waals surface area contributed by atoms with Crippen molar-refractivity contribution in [1.29, 1.82) is 0 Å². The molecule has 0 atom stereocenters. The summed E-state index contributed by atoms with van der Waals surface area (Å²) in [6.07, 6.45) is 1.77. The van der Waals surface area contributed by atoms with E-state index in [1.807, 2.05) is 0 Å². The van der Waals surface area contributed by atoms with Crippen LogP contribution in [0.3, 0.4) is 0 Å². The van der Waals surface area contributed by atoms with Crippen molar-refractivity contribution in [3.63, 3.8) is 0 Å². The number of aromatic nitrogens is 2. The molecule has 2 rings (SSSR count). The van der Waals surface area contributed by atoms with Gasteiger partial charge in [0.05, 0.1) is 15.2 Å². The lowest BCUT2D eigenvalue weighted by Gasteiger charge is -2.08. The number of phenolic OH excluding ortho intramolecular Hbond substituents is 1. The van der Waals surface area contributed by atoms with E-state index < -0.39 is 0 Å². The van der Waals surface area contributed by atoms with E-state index >= 15 is 0 Å². The molecule has 1 heterocycles. The van der Waals surface area contributed by atoms with Gasteiger partial charge in [0.15, 0.2) is 5.82 Å². The Kier molecular flexibility index (Phi) is 4.66. The first kappa shape index (κ1) is 14.6. The largest absolute Gasteiger partial charge is 0.506 e. The quantitative estimate of drug-likeness (QED) is 0.793. The molecule has 0 saturated heterocycles. The highest BCUT2D eigenvalue weighted by Gasteiger charge is 2.12. The van der Waals surface area contributed by atoms with Crippen LogP contribution in [-0.4, -0.2) is 15.1 Å². The normalized spacial score (nSPS) is 10.7. The Morgan fingerprint density at radius 1 is 1.26 bits per heavy atom. The maximum atomic E-state index is 9.42. The van der Waals surface area contributed by atoms with Crippen LogP contribution < -0.4 is 0 Å². The summed E-state index contributed by atoms with van der Waals surface area (Å²) >= 11 is 15.4. The van der Waals surface area contributed by atoms with Gasteiger partial charge in [0, 0.05) is 5.56 Å². The Bertz CT molecular complexity index is 620. The smallest absolute Gasteiger partial charge is 0.161 e. The molecule has 3 nitrogen and oxygen atoms in total. The lowest BCUT2D eigenvalue weighted by Crippen LogP contribution is -1.98. The number of rotatable bonds is 3. The second-order valence-electron chi connectivity index (χ2n) is 4.01. The van der Waals surface area contributed by atoms with Crippen molar-refractivity contribution < 1.29 is 5.11 Å². The van der Waals surface area contributed by atoms with Crippen molar-refractivity contribution in [2.45, 2.75) is 19.8 Å². The summed E-state index contributed by atoms with van der Waals surface area (Å²) in [4.78, 5) is 8.70. The highest BCUT2D eigenvalue weighted by molar-refractivity contribution is 9.10. The van der Waals surface area contributed by atoms with Gasteiger partial charge in [-0.2, -0.15) is 0 Å². The van der Waals surface area contributed by atoms with Gasteiger partial charge < -0.3 is 5.11 Å². The summed E-state index contributed by atoms with van der Waals surface area (Å²) in [5.74, 6) is 0.529. The molecule has 6 heteroatoms. The molecule has 1 N–H and O–H groups in total. The summed E-state index contributed by atoms with van der Waals surface area (Å²) in [6.45, 7) is 2.07. The van der Waals surface area contributed by atoms with Crippen LogP contribution in [0.15, 0.2) is 22.7 Å².